The van der Waals surface area contributed by atoms with E-state index in [0.717, 1.165) is 13.1 Å². The number of halogens is 1. The van der Waals surface area contributed by atoms with Gasteiger partial charge in [0.15, 0.2) is 0 Å². The summed E-state index contributed by atoms with van der Waals surface area (Å²) in [5, 5.41) is 0. The Hall–Kier alpha value is -1.50. The van der Waals surface area contributed by atoms with Gasteiger partial charge in [0.05, 0.1) is 13.2 Å². The first-order chi connectivity index (χ1) is 8.70. The number of nitrogen functional groups attached to an aromatic ring is 1. The van der Waals surface area contributed by atoms with Gasteiger partial charge in [-0.25, -0.2) is 10.2 Å². The third-order valence-electron chi connectivity index (χ3n) is 2.94. The van der Waals surface area contributed by atoms with Crippen LogP contribution < -0.4 is 11.3 Å². The summed E-state index contributed by atoms with van der Waals surface area (Å²) >= 11 is 0. The maximum Gasteiger partial charge on any atom is 0.265 e. The summed E-state index contributed by atoms with van der Waals surface area (Å²) < 4.78 is 18.9. The smallest absolute Gasteiger partial charge is 0.265 e. The highest BCUT2D eigenvalue weighted by Gasteiger charge is 2.14. The molecule has 0 atom stereocenters. The Balaban J connectivity index is 2.12. The zero-order chi connectivity index (χ0) is 13.0. The molecule has 0 saturated carbocycles. The molecule has 0 spiro atoms. The van der Waals surface area contributed by atoms with Crippen LogP contribution in [-0.4, -0.2) is 37.1 Å². The van der Waals surface area contributed by atoms with Crippen LogP contribution in [0.5, 0.6) is 0 Å². The molecular weight excluding hydrogens is 237 g/mol. The molecule has 1 aliphatic heterocycles. The van der Waals surface area contributed by atoms with Crippen molar-refractivity contribution in [2.24, 2.45) is 5.84 Å². The SMILES string of the molecule is NNC(=O)c1ccc(F)c(CN2CCOCC2)c1. The molecule has 1 aromatic carbocycles. The lowest BCUT2D eigenvalue weighted by Crippen LogP contribution is -2.36. The molecule has 1 aliphatic rings. The molecule has 0 aliphatic carbocycles. The average molecular weight is 253 g/mol. The van der Waals surface area contributed by atoms with Gasteiger partial charge in [-0.3, -0.25) is 15.1 Å². The average Bonchev–Trinajstić information content (AvgIpc) is 2.41. The summed E-state index contributed by atoms with van der Waals surface area (Å²) in [4.78, 5) is 13.5. The van der Waals surface area contributed by atoms with Crippen molar-refractivity contribution in [3.8, 4) is 0 Å². The number of amides is 1. The minimum atomic E-state index is -0.418. The van der Waals surface area contributed by atoms with Gasteiger partial charge >= 0.3 is 0 Å². The van der Waals surface area contributed by atoms with Crippen molar-refractivity contribution in [2.75, 3.05) is 26.3 Å². The number of nitrogens with two attached hydrogens (primary N) is 1. The first-order valence-corrected chi connectivity index (χ1v) is 5.80. The Bertz CT molecular complexity index is 433. The maximum atomic E-state index is 13.7. The Morgan fingerprint density at radius 2 is 2.17 bits per heavy atom. The molecule has 1 heterocycles. The normalized spacial score (nSPS) is 16.6. The Morgan fingerprint density at radius 3 is 2.83 bits per heavy atom. The van der Waals surface area contributed by atoms with Gasteiger partial charge in [0.1, 0.15) is 5.82 Å². The molecule has 6 heteroatoms. The molecule has 3 N–H and O–H groups in total. The molecule has 0 radical (unpaired) electrons. The summed E-state index contributed by atoms with van der Waals surface area (Å²) in [6.07, 6.45) is 0. The number of carbonyl (C=O) groups excluding carboxylic acids is 1. The standard InChI is InChI=1S/C12H16FN3O2/c13-11-2-1-9(12(17)15-14)7-10(11)8-16-3-5-18-6-4-16/h1-2,7H,3-6,8,14H2,(H,15,17). The number of hydrogen-bond donors (Lipinski definition) is 2. The zero-order valence-corrected chi connectivity index (χ0v) is 9.99. The van der Waals surface area contributed by atoms with Gasteiger partial charge in [0.2, 0.25) is 0 Å². The van der Waals surface area contributed by atoms with Crippen LogP contribution in [0.2, 0.25) is 0 Å². The van der Waals surface area contributed by atoms with Gasteiger partial charge in [-0.1, -0.05) is 0 Å². The lowest BCUT2D eigenvalue weighted by molar-refractivity contribution is 0.0337. The van der Waals surface area contributed by atoms with E-state index in [9.17, 15) is 9.18 Å². The number of ether oxygens (including phenoxy) is 1. The van der Waals surface area contributed by atoms with E-state index < -0.39 is 5.91 Å². The molecule has 1 amide bonds. The fourth-order valence-electron chi connectivity index (χ4n) is 1.92. The van der Waals surface area contributed by atoms with Gasteiger partial charge in [0.25, 0.3) is 5.91 Å². The highest BCUT2D eigenvalue weighted by Crippen LogP contribution is 2.14. The molecule has 98 valence electrons. The predicted molar refractivity (Wildman–Crippen MR) is 64.1 cm³/mol. The predicted octanol–water partition coefficient (Wildman–Crippen LogP) is 0.261. The maximum absolute atomic E-state index is 13.7. The number of hydrogen-bond acceptors (Lipinski definition) is 4. The second-order valence-corrected chi connectivity index (χ2v) is 4.17. The molecule has 1 fully saturated rings. The molecule has 2 rings (SSSR count). The third-order valence-corrected chi connectivity index (χ3v) is 2.94. The highest BCUT2D eigenvalue weighted by atomic mass is 19.1. The number of morpholine rings is 1. The largest absolute Gasteiger partial charge is 0.379 e. The van der Waals surface area contributed by atoms with Crippen LogP contribution in [0.25, 0.3) is 0 Å². The molecule has 0 aromatic heterocycles. The second-order valence-electron chi connectivity index (χ2n) is 4.17. The van der Waals surface area contributed by atoms with E-state index in [2.05, 4.69) is 4.90 Å². The lowest BCUT2D eigenvalue weighted by Gasteiger charge is -2.26. The van der Waals surface area contributed by atoms with Crippen LogP contribution in [0.1, 0.15) is 15.9 Å². The summed E-state index contributed by atoms with van der Waals surface area (Å²) in [5.41, 5.74) is 2.90. The van der Waals surface area contributed by atoms with Crippen molar-refractivity contribution in [2.45, 2.75) is 6.54 Å². The highest BCUT2D eigenvalue weighted by molar-refractivity contribution is 5.93. The van der Waals surface area contributed by atoms with Crippen LogP contribution in [0.3, 0.4) is 0 Å². The fourth-order valence-corrected chi connectivity index (χ4v) is 1.92. The van der Waals surface area contributed by atoms with Crippen LogP contribution in [0.15, 0.2) is 18.2 Å². The van der Waals surface area contributed by atoms with Crippen molar-refractivity contribution in [1.82, 2.24) is 10.3 Å². The summed E-state index contributed by atoms with van der Waals surface area (Å²) in [6.45, 7) is 3.33. The third kappa shape index (κ3) is 3.04. The molecule has 1 saturated heterocycles. The first-order valence-electron chi connectivity index (χ1n) is 5.80. The number of rotatable bonds is 3. The van der Waals surface area contributed by atoms with Crippen molar-refractivity contribution in [3.63, 3.8) is 0 Å². The van der Waals surface area contributed by atoms with Gasteiger partial charge < -0.3 is 4.74 Å². The Morgan fingerprint density at radius 1 is 1.44 bits per heavy atom. The lowest BCUT2D eigenvalue weighted by atomic mass is 10.1. The van der Waals surface area contributed by atoms with Gasteiger partial charge in [-0.2, -0.15) is 0 Å². The molecule has 0 unspecified atom stereocenters. The topological polar surface area (TPSA) is 67.6 Å². The van der Waals surface area contributed by atoms with Crippen LogP contribution in [0, 0.1) is 5.82 Å². The van der Waals surface area contributed by atoms with Crippen molar-refractivity contribution < 1.29 is 13.9 Å². The van der Waals surface area contributed by atoms with Gasteiger partial charge in [-0.05, 0) is 18.2 Å². The Labute approximate surface area is 105 Å². The van der Waals surface area contributed by atoms with Gasteiger partial charge in [0, 0.05) is 30.8 Å². The number of nitrogens with one attached hydrogen (secondary N) is 1. The van der Waals surface area contributed by atoms with Crippen LogP contribution in [-0.2, 0) is 11.3 Å². The van der Waals surface area contributed by atoms with E-state index in [-0.39, 0.29) is 5.82 Å². The van der Waals surface area contributed by atoms with E-state index in [1.807, 2.05) is 5.43 Å². The van der Waals surface area contributed by atoms with Crippen molar-refractivity contribution in [3.05, 3.63) is 35.1 Å². The van der Waals surface area contributed by atoms with Crippen LogP contribution in [0.4, 0.5) is 4.39 Å². The zero-order valence-electron chi connectivity index (χ0n) is 9.99. The fraction of sp³-hybridized carbons (Fsp3) is 0.417. The monoisotopic (exact) mass is 253 g/mol. The molecule has 5 nitrogen and oxygen atoms in total. The Kier molecular flexibility index (Phi) is 4.24. The summed E-state index contributed by atoms with van der Waals surface area (Å²) in [5.74, 6) is 4.33. The minimum absolute atomic E-state index is 0.310. The second kappa shape index (κ2) is 5.90. The number of benzene rings is 1. The minimum Gasteiger partial charge on any atom is -0.379 e. The quantitative estimate of drug-likeness (QED) is 0.461. The van der Waals surface area contributed by atoms with E-state index in [4.69, 9.17) is 10.6 Å². The van der Waals surface area contributed by atoms with Gasteiger partial charge in [-0.15, -0.1) is 0 Å². The van der Waals surface area contributed by atoms with E-state index in [1.54, 1.807) is 0 Å². The first kappa shape index (κ1) is 12.9. The molecule has 1 aromatic rings. The number of hydrazine groups is 1. The summed E-state index contributed by atoms with van der Waals surface area (Å²) in [7, 11) is 0. The van der Waals surface area contributed by atoms with E-state index in [0.29, 0.717) is 30.9 Å². The summed E-state index contributed by atoms with van der Waals surface area (Å²) in [6, 6.07) is 4.24. The van der Waals surface area contributed by atoms with E-state index >= 15 is 0 Å². The molecule has 18 heavy (non-hydrogen) atoms. The number of nitrogens with zero attached hydrogens (tertiary/aromatic N) is 1. The van der Waals surface area contributed by atoms with Crippen LogP contribution >= 0.6 is 0 Å². The number of carbonyl (C=O) groups is 1. The van der Waals surface area contributed by atoms with E-state index in [1.165, 1.54) is 18.2 Å². The molecule has 0 bridgehead atoms. The van der Waals surface area contributed by atoms with Crippen molar-refractivity contribution >= 4 is 5.91 Å². The van der Waals surface area contributed by atoms with Crippen molar-refractivity contribution in [1.29, 1.82) is 0 Å². The molecular formula is C12H16FN3O2.